The van der Waals surface area contributed by atoms with Crippen LogP contribution in [-0.2, 0) is 17.6 Å². The number of hydrogen-bond acceptors (Lipinski definition) is 2. The van der Waals surface area contributed by atoms with Crippen LogP contribution in [0.3, 0.4) is 0 Å². The van der Waals surface area contributed by atoms with E-state index in [-0.39, 0.29) is 0 Å². The lowest BCUT2D eigenvalue weighted by atomic mass is 10.1. The van der Waals surface area contributed by atoms with Crippen LogP contribution in [0.5, 0.6) is 0 Å². The Labute approximate surface area is 84.5 Å². The van der Waals surface area contributed by atoms with E-state index in [4.69, 9.17) is 0 Å². The lowest BCUT2D eigenvalue weighted by Crippen LogP contribution is -2.19. The summed E-state index contributed by atoms with van der Waals surface area (Å²) in [6.45, 7) is 4.34. The number of carbonyl (C=O) groups excluding carboxylic acids is 1. The third-order valence-electron chi connectivity index (χ3n) is 2.84. The maximum atomic E-state index is 10.4. The molecule has 1 aromatic rings. The summed E-state index contributed by atoms with van der Waals surface area (Å²) >= 11 is 0. The first-order valence-electron chi connectivity index (χ1n) is 5.15. The van der Waals surface area contributed by atoms with Crippen molar-refractivity contribution in [3.05, 3.63) is 29.3 Å². The molecule has 1 aliphatic rings. The third-order valence-corrected chi connectivity index (χ3v) is 2.84. The molecule has 0 N–H and O–H groups in total. The number of benzene rings is 1. The van der Waals surface area contributed by atoms with E-state index in [1.807, 2.05) is 0 Å². The highest BCUT2D eigenvalue weighted by Gasteiger charge is 2.17. The van der Waals surface area contributed by atoms with E-state index < -0.39 is 0 Å². The summed E-state index contributed by atoms with van der Waals surface area (Å²) in [5.74, 6) is 0. The van der Waals surface area contributed by atoms with Crippen molar-refractivity contribution in [3.8, 4) is 0 Å². The molecule has 0 atom stereocenters. The van der Waals surface area contributed by atoms with E-state index in [9.17, 15) is 4.79 Å². The van der Waals surface area contributed by atoms with Crippen molar-refractivity contribution in [1.82, 2.24) is 0 Å². The number of carbonyl (C=O) groups is 1. The van der Waals surface area contributed by atoms with E-state index in [0.717, 1.165) is 31.4 Å². The van der Waals surface area contributed by atoms with Crippen LogP contribution in [0.2, 0.25) is 0 Å². The van der Waals surface area contributed by atoms with Gasteiger partial charge in [-0.3, -0.25) is 0 Å². The fourth-order valence-corrected chi connectivity index (χ4v) is 2.04. The molecule has 2 rings (SSSR count). The average molecular weight is 189 g/mol. The van der Waals surface area contributed by atoms with E-state index in [1.165, 1.54) is 11.3 Å². The SMILES string of the molecule is CCN1CCc2ccc(CC=O)cc21. The zero-order valence-electron chi connectivity index (χ0n) is 8.49. The summed E-state index contributed by atoms with van der Waals surface area (Å²) in [5, 5.41) is 0. The first-order chi connectivity index (χ1) is 6.85. The molecular weight excluding hydrogens is 174 g/mol. The first-order valence-corrected chi connectivity index (χ1v) is 5.15. The molecule has 2 nitrogen and oxygen atoms in total. The second kappa shape index (κ2) is 3.82. The van der Waals surface area contributed by atoms with Crippen molar-refractivity contribution in [3.63, 3.8) is 0 Å². The highest BCUT2D eigenvalue weighted by atomic mass is 16.1. The minimum absolute atomic E-state index is 0.533. The molecule has 1 aliphatic heterocycles. The fourth-order valence-electron chi connectivity index (χ4n) is 2.04. The smallest absolute Gasteiger partial charge is 0.124 e. The average Bonchev–Trinajstić information content (AvgIpc) is 2.60. The highest BCUT2D eigenvalue weighted by molar-refractivity contribution is 5.63. The van der Waals surface area contributed by atoms with Gasteiger partial charge in [0.1, 0.15) is 6.29 Å². The Morgan fingerprint density at radius 1 is 1.50 bits per heavy atom. The van der Waals surface area contributed by atoms with E-state index in [2.05, 4.69) is 30.0 Å². The molecule has 0 bridgehead atoms. The molecular formula is C12H15NO. The number of aldehydes is 1. The Balaban J connectivity index is 2.32. The van der Waals surface area contributed by atoms with Crippen molar-refractivity contribution in [2.24, 2.45) is 0 Å². The highest BCUT2D eigenvalue weighted by Crippen LogP contribution is 2.28. The minimum atomic E-state index is 0.533. The van der Waals surface area contributed by atoms with Gasteiger partial charge in [-0.05, 0) is 30.5 Å². The van der Waals surface area contributed by atoms with Gasteiger partial charge < -0.3 is 9.69 Å². The Bertz CT molecular complexity index is 346. The lowest BCUT2D eigenvalue weighted by molar-refractivity contribution is -0.107. The zero-order chi connectivity index (χ0) is 9.97. The number of likely N-dealkylation sites (N-methyl/N-ethyl adjacent to an activating group) is 1. The van der Waals surface area contributed by atoms with E-state index in [1.54, 1.807) is 0 Å². The van der Waals surface area contributed by atoms with Crippen LogP contribution in [0.1, 0.15) is 18.1 Å². The number of hydrogen-bond donors (Lipinski definition) is 0. The van der Waals surface area contributed by atoms with Gasteiger partial charge in [-0.25, -0.2) is 0 Å². The zero-order valence-corrected chi connectivity index (χ0v) is 8.49. The molecule has 0 aromatic heterocycles. The van der Waals surface area contributed by atoms with Crippen LogP contribution in [0.15, 0.2) is 18.2 Å². The Morgan fingerprint density at radius 2 is 2.36 bits per heavy atom. The summed E-state index contributed by atoms with van der Waals surface area (Å²) in [6, 6.07) is 6.37. The quantitative estimate of drug-likeness (QED) is 0.676. The Kier molecular flexibility index (Phi) is 2.53. The number of nitrogens with zero attached hydrogens (tertiary/aromatic N) is 1. The monoisotopic (exact) mass is 189 g/mol. The van der Waals surface area contributed by atoms with Crippen LogP contribution in [0.4, 0.5) is 5.69 Å². The second-order valence-electron chi connectivity index (χ2n) is 3.66. The molecule has 2 heteroatoms. The topological polar surface area (TPSA) is 20.3 Å². The molecule has 0 amide bonds. The van der Waals surface area contributed by atoms with Gasteiger partial charge in [-0.15, -0.1) is 0 Å². The van der Waals surface area contributed by atoms with Gasteiger partial charge in [0.2, 0.25) is 0 Å². The standard InChI is InChI=1S/C12H15NO/c1-2-13-7-5-11-4-3-10(6-8-14)9-12(11)13/h3-4,8-9H,2,5-7H2,1H3. The molecule has 0 spiro atoms. The molecule has 0 unspecified atom stereocenters. The Hall–Kier alpha value is -1.31. The van der Waals surface area contributed by atoms with E-state index in [0.29, 0.717) is 6.42 Å². The summed E-state index contributed by atoms with van der Waals surface area (Å²) in [7, 11) is 0. The van der Waals surface area contributed by atoms with Gasteiger partial charge >= 0.3 is 0 Å². The van der Waals surface area contributed by atoms with Crippen LogP contribution < -0.4 is 4.90 Å². The summed E-state index contributed by atoms with van der Waals surface area (Å²) in [5.41, 5.74) is 3.87. The molecule has 0 fully saturated rings. The maximum Gasteiger partial charge on any atom is 0.124 e. The van der Waals surface area contributed by atoms with Gasteiger partial charge in [0, 0.05) is 25.2 Å². The maximum absolute atomic E-state index is 10.4. The first kappa shape index (κ1) is 9.25. The lowest BCUT2D eigenvalue weighted by Gasteiger charge is -2.16. The van der Waals surface area contributed by atoms with Crippen LogP contribution in [0.25, 0.3) is 0 Å². The number of anilines is 1. The summed E-state index contributed by atoms with van der Waals surface area (Å²) in [4.78, 5) is 12.8. The minimum Gasteiger partial charge on any atom is -0.371 e. The summed E-state index contributed by atoms with van der Waals surface area (Å²) < 4.78 is 0. The molecule has 0 saturated carbocycles. The van der Waals surface area contributed by atoms with Crippen molar-refractivity contribution in [2.75, 3.05) is 18.0 Å². The normalized spacial score (nSPS) is 14.2. The fraction of sp³-hybridized carbons (Fsp3) is 0.417. The Morgan fingerprint density at radius 3 is 3.07 bits per heavy atom. The molecule has 74 valence electrons. The molecule has 0 radical (unpaired) electrons. The molecule has 1 heterocycles. The molecule has 0 aliphatic carbocycles. The van der Waals surface area contributed by atoms with E-state index >= 15 is 0 Å². The molecule has 1 aromatic carbocycles. The van der Waals surface area contributed by atoms with Gasteiger partial charge in [0.05, 0.1) is 0 Å². The van der Waals surface area contributed by atoms with Crippen molar-refractivity contribution >= 4 is 12.0 Å². The van der Waals surface area contributed by atoms with Crippen molar-refractivity contribution in [1.29, 1.82) is 0 Å². The third kappa shape index (κ3) is 1.52. The predicted octanol–water partition coefficient (Wildman–Crippen LogP) is 1.81. The van der Waals surface area contributed by atoms with Gasteiger partial charge in [-0.1, -0.05) is 12.1 Å². The van der Waals surface area contributed by atoms with Crippen molar-refractivity contribution < 1.29 is 4.79 Å². The van der Waals surface area contributed by atoms with Crippen molar-refractivity contribution in [2.45, 2.75) is 19.8 Å². The second-order valence-corrected chi connectivity index (χ2v) is 3.66. The van der Waals surface area contributed by atoms with Crippen LogP contribution in [-0.4, -0.2) is 19.4 Å². The number of rotatable bonds is 3. The largest absolute Gasteiger partial charge is 0.371 e. The van der Waals surface area contributed by atoms with Gasteiger partial charge in [0.15, 0.2) is 0 Å². The van der Waals surface area contributed by atoms with Crippen LogP contribution >= 0.6 is 0 Å². The summed E-state index contributed by atoms with van der Waals surface area (Å²) in [6.07, 6.45) is 2.64. The van der Waals surface area contributed by atoms with Crippen LogP contribution in [0, 0.1) is 0 Å². The molecule has 0 saturated heterocycles. The van der Waals surface area contributed by atoms with Gasteiger partial charge in [-0.2, -0.15) is 0 Å². The van der Waals surface area contributed by atoms with Gasteiger partial charge in [0.25, 0.3) is 0 Å². The molecule has 14 heavy (non-hydrogen) atoms. The predicted molar refractivity (Wildman–Crippen MR) is 57.8 cm³/mol. The number of fused-ring (bicyclic) bond motifs is 1.